The van der Waals surface area contributed by atoms with Crippen molar-refractivity contribution in [1.82, 2.24) is 10.6 Å². The third-order valence-electron chi connectivity index (χ3n) is 4.89. The van der Waals surface area contributed by atoms with Gasteiger partial charge in [-0.3, -0.25) is 9.59 Å². The van der Waals surface area contributed by atoms with E-state index in [0.717, 1.165) is 31.2 Å². The lowest BCUT2D eigenvalue weighted by Crippen LogP contribution is -2.45. The molecule has 25 heavy (non-hydrogen) atoms. The molecule has 1 aromatic heterocycles. The highest BCUT2D eigenvalue weighted by Gasteiger charge is 2.36. The smallest absolute Gasteiger partial charge is 0.309 e. The second-order valence-electron chi connectivity index (χ2n) is 6.46. The summed E-state index contributed by atoms with van der Waals surface area (Å²) in [5, 5.41) is 10.2. The van der Waals surface area contributed by atoms with Crippen molar-refractivity contribution in [2.24, 2.45) is 0 Å². The van der Waals surface area contributed by atoms with Crippen LogP contribution >= 0.6 is 22.9 Å². The van der Waals surface area contributed by atoms with E-state index < -0.39 is 11.8 Å². The molecule has 1 heterocycles. The molecule has 2 aromatic rings. The maximum Gasteiger partial charge on any atom is 0.309 e. The summed E-state index contributed by atoms with van der Waals surface area (Å²) in [4.78, 5) is 24.2. The van der Waals surface area contributed by atoms with Crippen LogP contribution in [0.3, 0.4) is 0 Å². The number of hydrogen-bond acceptors (Lipinski definition) is 3. The quantitative estimate of drug-likeness (QED) is 0.782. The van der Waals surface area contributed by atoms with Crippen molar-refractivity contribution in [3.05, 3.63) is 57.2 Å². The molecule has 0 unspecified atom stereocenters. The fourth-order valence-corrected chi connectivity index (χ4v) is 4.39. The molecule has 2 amide bonds. The fourth-order valence-electron chi connectivity index (χ4n) is 3.41. The summed E-state index contributed by atoms with van der Waals surface area (Å²) in [6.07, 6.45) is 4.41. The molecule has 0 aliphatic heterocycles. The number of amides is 2. The predicted molar refractivity (Wildman–Crippen MR) is 101 cm³/mol. The number of benzene rings is 1. The predicted octanol–water partition coefficient (Wildman–Crippen LogP) is 3.65. The minimum absolute atomic E-state index is 0.0291. The average molecular weight is 377 g/mol. The molecule has 0 atom stereocenters. The number of thiophene rings is 1. The Morgan fingerprint density at radius 3 is 2.48 bits per heavy atom. The number of rotatable bonds is 5. The summed E-state index contributed by atoms with van der Waals surface area (Å²) < 4.78 is 0. The Hall–Kier alpha value is -1.85. The van der Waals surface area contributed by atoms with E-state index in [1.807, 2.05) is 18.2 Å². The van der Waals surface area contributed by atoms with E-state index >= 15 is 0 Å². The molecule has 132 valence electrons. The van der Waals surface area contributed by atoms with Gasteiger partial charge in [-0.2, -0.15) is 11.3 Å². The van der Waals surface area contributed by atoms with Crippen molar-refractivity contribution in [3.8, 4) is 0 Å². The SMILES string of the molecule is O=C(NCc1ccccc1Cl)C(=O)NCC1(c2ccsc2)CCCC1. The Kier molecular flexibility index (Phi) is 5.76. The zero-order valence-corrected chi connectivity index (χ0v) is 15.5. The maximum absolute atomic E-state index is 12.2. The molecule has 3 rings (SSSR count). The van der Waals surface area contributed by atoms with Crippen LogP contribution in [0.25, 0.3) is 0 Å². The van der Waals surface area contributed by atoms with Gasteiger partial charge in [0, 0.05) is 23.5 Å². The van der Waals surface area contributed by atoms with E-state index in [1.54, 1.807) is 17.4 Å². The van der Waals surface area contributed by atoms with Gasteiger partial charge in [0.25, 0.3) is 0 Å². The van der Waals surface area contributed by atoms with E-state index in [0.29, 0.717) is 11.6 Å². The number of carbonyl (C=O) groups is 2. The first-order valence-electron chi connectivity index (χ1n) is 8.43. The van der Waals surface area contributed by atoms with Crippen molar-refractivity contribution in [2.45, 2.75) is 37.6 Å². The van der Waals surface area contributed by atoms with Gasteiger partial charge in [0.1, 0.15) is 0 Å². The third kappa shape index (κ3) is 4.22. The largest absolute Gasteiger partial charge is 0.347 e. The number of carbonyl (C=O) groups excluding carboxylic acids is 2. The maximum atomic E-state index is 12.2. The average Bonchev–Trinajstić information content (AvgIpc) is 3.31. The Morgan fingerprint density at radius 1 is 1.08 bits per heavy atom. The summed E-state index contributed by atoms with van der Waals surface area (Å²) in [6, 6.07) is 9.38. The molecule has 1 aliphatic carbocycles. The molecular formula is C19H21ClN2O2S. The van der Waals surface area contributed by atoms with Gasteiger partial charge >= 0.3 is 11.8 Å². The topological polar surface area (TPSA) is 58.2 Å². The summed E-state index contributed by atoms with van der Waals surface area (Å²) in [5.74, 6) is -1.22. The third-order valence-corrected chi connectivity index (χ3v) is 5.94. The molecule has 6 heteroatoms. The van der Waals surface area contributed by atoms with Crippen LogP contribution in [0.2, 0.25) is 5.02 Å². The van der Waals surface area contributed by atoms with Crippen LogP contribution in [0.4, 0.5) is 0 Å². The second kappa shape index (κ2) is 8.02. The molecule has 2 N–H and O–H groups in total. The first-order chi connectivity index (χ1) is 12.1. The summed E-state index contributed by atoms with van der Waals surface area (Å²) >= 11 is 7.73. The van der Waals surface area contributed by atoms with Crippen molar-refractivity contribution < 1.29 is 9.59 Å². The van der Waals surface area contributed by atoms with Gasteiger partial charge in [-0.15, -0.1) is 0 Å². The van der Waals surface area contributed by atoms with Crippen molar-refractivity contribution in [1.29, 1.82) is 0 Å². The lowest BCUT2D eigenvalue weighted by Gasteiger charge is -2.28. The molecule has 0 saturated heterocycles. The van der Waals surface area contributed by atoms with Gasteiger partial charge < -0.3 is 10.6 Å². The van der Waals surface area contributed by atoms with Crippen LogP contribution in [0.1, 0.15) is 36.8 Å². The molecule has 1 aromatic carbocycles. The normalized spacial score (nSPS) is 15.7. The summed E-state index contributed by atoms with van der Waals surface area (Å²) in [7, 11) is 0. The molecule has 0 radical (unpaired) electrons. The lowest BCUT2D eigenvalue weighted by molar-refractivity contribution is -0.139. The van der Waals surface area contributed by atoms with Crippen molar-refractivity contribution in [2.75, 3.05) is 6.54 Å². The van der Waals surface area contributed by atoms with Crippen LogP contribution in [-0.2, 0) is 21.5 Å². The highest BCUT2D eigenvalue weighted by atomic mass is 35.5. The molecule has 4 nitrogen and oxygen atoms in total. The number of hydrogen-bond donors (Lipinski definition) is 2. The van der Waals surface area contributed by atoms with Gasteiger partial charge in [0.05, 0.1) is 0 Å². The van der Waals surface area contributed by atoms with E-state index in [-0.39, 0.29) is 12.0 Å². The van der Waals surface area contributed by atoms with Gasteiger partial charge in [0.2, 0.25) is 0 Å². The first kappa shape index (κ1) is 18.0. The molecule has 0 spiro atoms. The molecule has 0 bridgehead atoms. The van der Waals surface area contributed by atoms with Crippen LogP contribution in [0.15, 0.2) is 41.1 Å². The Labute approximate surface area is 156 Å². The fraction of sp³-hybridized carbons (Fsp3) is 0.368. The van der Waals surface area contributed by atoms with Crippen LogP contribution < -0.4 is 10.6 Å². The zero-order valence-electron chi connectivity index (χ0n) is 13.9. The van der Waals surface area contributed by atoms with Gasteiger partial charge in [-0.25, -0.2) is 0 Å². The zero-order chi connectivity index (χ0) is 17.7. The Balaban J connectivity index is 1.55. The number of halogens is 1. The summed E-state index contributed by atoms with van der Waals surface area (Å²) in [6.45, 7) is 0.740. The Morgan fingerprint density at radius 2 is 1.80 bits per heavy atom. The first-order valence-corrected chi connectivity index (χ1v) is 9.75. The second-order valence-corrected chi connectivity index (χ2v) is 7.64. The van der Waals surface area contributed by atoms with Crippen molar-refractivity contribution in [3.63, 3.8) is 0 Å². The Bertz CT molecular complexity index is 740. The molecular weight excluding hydrogens is 356 g/mol. The number of nitrogens with one attached hydrogen (secondary N) is 2. The molecule has 1 aliphatic rings. The van der Waals surface area contributed by atoms with Gasteiger partial charge in [-0.1, -0.05) is 42.6 Å². The van der Waals surface area contributed by atoms with Crippen molar-refractivity contribution >= 4 is 34.8 Å². The summed E-state index contributed by atoms with van der Waals surface area (Å²) in [5.41, 5.74) is 2.03. The molecule has 1 saturated carbocycles. The van der Waals surface area contributed by atoms with Crippen LogP contribution in [-0.4, -0.2) is 18.4 Å². The minimum Gasteiger partial charge on any atom is -0.347 e. The van der Waals surface area contributed by atoms with Gasteiger partial charge in [0.15, 0.2) is 0 Å². The minimum atomic E-state index is -0.626. The van der Waals surface area contributed by atoms with E-state index in [4.69, 9.17) is 11.6 Å². The van der Waals surface area contributed by atoms with E-state index in [2.05, 4.69) is 27.5 Å². The van der Waals surface area contributed by atoms with E-state index in [1.165, 1.54) is 5.56 Å². The standard InChI is InChI=1S/C19H21ClN2O2S/c20-16-6-2-1-5-14(16)11-21-17(23)18(24)22-13-19(8-3-4-9-19)15-7-10-25-12-15/h1-2,5-7,10,12H,3-4,8-9,11,13H2,(H,21,23)(H,22,24). The van der Waals surface area contributed by atoms with Crippen LogP contribution in [0.5, 0.6) is 0 Å². The lowest BCUT2D eigenvalue weighted by atomic mass is 9.80. The monoisotopic (exact) mass is 376 g/mol. The van der Waals surface area contributed by atoms with E-state index in [9.17, 15) is 9.59 Å². The van der Waals surface area contributed by atoms with Crippen LogP contribution in [0, 0.1) is 0 Å². The highest BCUT2D eigenvalue weighted by Crippen LogP contribution is 2.41. The molecule has 1 fully saturated rings. The highest BCUT2D eigenvalue weighted by molar-refractivity contribution is 7.08. The van der Waals surface area contributed by atoms with Gasteiger partial charge in [-0.05, 0) is 46.9 Å².